The smallest absolute Gasteiger partial charge is 0.179 e. The zero-order valence-corrected chi connectivity index (χ0v) is 14.3. The SMILES string of the molecule is CCCCCCCCS(=O)(=O)c1ccc[c]c1S(C)(=O)=O. The lowest BCUT2D eigenvalue weighted by Crippen LogP contribution is -2.12. The molecule has 0 atom stereocenters. The topological polar surface area (TPSA) is 68.3 Å². The van der Waals surface area contributed by atoms with E-state index in [1.165, 1.54) is 24.6 Å². The number of rotatable bonds is 9. The van der Waals surface area contributed by atoms with E-state index in [-0.39, 0.29) is 15.5 Å². The predicted molar refractivity (Wildman–Crippen MR) is 83.8 cm³/mol. The molecule has 0 spiro atoms. The van der Waals surface area contributed by atoms with Gasteiger partial charge in [-0.3, -0.25) is 0 Å². The van der Waals surface area contributed by atoms with Crippen molar-refractivity contribution in [3.63, 3.8) is 0 Å². The molecule has 1 radical (unpaired) electrons. The maximum atomic E-state index is 12.3. The second kappa shape index (κ2) is 7.94. The highest BCUT2D eigenvalue weighted by molar-refractivity contribution is 7.94. The average Bonchev–Trinajstić information content (AvgIpc) is 2.42. The van der Waals surface area contributed by atoms with Crippen molar-refractivity contribution in [3.05, 3.63) is 24.3 Å². The van der Waals surface area contributed by atoms with Crippen LogP contribution in [0.15, 0.2) is 28.0 Å². The van der Waals surface area contributed by atoms with E-state index in [2.05, 4.69) is 13.0 Å². The van der Waals surface area contributed by atoms with Crippen LogP contribution in [0.5, 0.6) is 0 Å². The Kier molecular flexibility index (Phi) is 6.87. The van der Waals surface area contributed by atoms with Crippen LogP contribution < -0.4 is 0 Å². The molecule has 0 aliphatic rings. The molecule has 21 heavy (non-hydrogen) atoms. The highest BCUT2D eigenvalue weighted by atomic mass is 32.2. The average molecular weight is 331 g/mol. The van der Waals surface area contributed by atoms with Crippen LogP contribution in [0.25, 0.3) is 0 Å². The van der Waals surface area contributed by atoms with Crippen molar-refractivity contribution in [2.45, 2.75) is 55.2 Å². The van der Waals surface area contributed by atoms with Crippen LogP contribution in [-0.4, -0.2) is 28.8 Å². The summed E-state index contributed by atoms with van der Waals surface area (Å²) < 4.78 is 47.9. The molecule has 0 aliphatic carbocycles. The molecule has 1 rings (SSSR count). The van der Waals surface area contributed by atoms with Gasteiger partial charge in [0.2, 0.25) is 0 Å². The first-order valence-corrected chi connectivity index (χ1v) is 10.8. The first kappa shape index (κ1) is 18.2. The molecule has 0 fully saturated rings. The summed E-state index contributed by atoms with van der Waals surface area (Å²) in [6.07, 6.45) is 6.86. The van der Waals surface area contributed by atoms with Crippen LogP contribution in [0, 0.1) is 6.07 Å². The molecule has 0 unspecified atom stereocenters. The summed E-state index contributed by atoms with van der Waals surface area (Å²) in [5.41, 5.74) is 0. The summed E-state index contributed by atoms with van der Waals surface area (Å²) in [5, 5.41) is 0. The second-order valence-electron chi connectivity index (χ2n) is 5.22. The quantitative estimate of drug-likeness (QED) is 0.652. The standard InChI is InChI=1S/C15H23O4S2/c1-3-4-5-6-7-10-13-21(18,19)15-12-9-8-11-14(15)20(2,16)17/h8-9,12H,3-7,10,13H2,1-2H3. The van der Waals surface area contributed by atoms with Gasteiger partial charge in [-0.15, -0.1) is 0 Å². The Morgan fingerprint density at radius 3 is 2.24 bits per heavy atom. The largest absolute Gasteiger partial charge is 0.224 e. The monoisotopic (exact) mass is 331 g/mol. The van der Waals surface area contributed by atoms with Gasteiger partial charge in [-0.1, -0.05) is 51.2 Å². The molecule has 0 heterocycles. The summed E-state index contributed by atoms with van der Waals surface area (Å²) in [5.74, 6) is -0.0144. The maximum absolute atomic E-state index is 12.3. The fourth-order valence-corrected chi connectivity index (χ4v) is 5.11. The molecular formula is C15H23O4S2. The zero-order valence-electron chi connectivity index (χ0n) is 12.6. The van der Waals surface area contributed by atoms with E-state index in [1.807, 2.05) is 0 Å². The minimum Gasteiger partial charge on any atom is -0.224 e. The third-order valence-corrected chi connectivity index (χ3v) is 6.30. The molecule has 0 saturated carbocycles. The van der Waals surface area contributed by atoms with E-state index in [0.717, 1.165) is 31.9 Å². The molecule has 4 nitrogen and oxygen atoms in total. The van der Waals surface area contributed by atoms with Crippen LogP contribution in [-0.2, 0) is 19.7 Å². The van der Waals surface area contributed by atoms with Crippen molar-refractivity contribution in [2.75, 3.05) is 12.0 Å². The van der Waals surface area contributed by atoms with E-state index in [1.54, 1.807) is 0 Å². The highest BCUT2D eigenvalue weighted by Crippen LogP contribution is 2.22. The van der Waals surface area contributed by atoms with E-state index >= 15 is 0 Å². The molecule has 0 aliphatic heterocycles. The van der Waals surface area contributed by atoms with Gasteiger partial charge in [0, 0.05) is 12.3 Å². The lowest BCUT2D eigenvalue weighted by Gasteiger charge is -2.08. The molecule has 0 saturated heterocycles. The Morgan fingerprint density at radius 1 is 1.00 bits per heavy atom. The van der Waals surface area contributed by atoms with Crippen molar-refractivity contribution < 1.29 is 16.8 Å². The Labute approximate surface area is 128 Å². The molecule has 119 valence electrons. The minimum absolute atomic E-state index is 0.0144. The van der Waals surface area contributed by atoms with E-state index in [4.69, 9.17) is 0 Å². The Morgan fingerprint density at radius 2 is 1.62 bits per heavy atom. The summed E-state index contributed by atoms with van der Waals surface area (Å²) in [4.78, 5) is -0.350. The van der Waals surface area contributed by atoms with Crippen molar-refractivity contribution >= 4 is 19.7 Å². The second-order valence-corrected chi connectivity index (χ2v) is 9.25. The lowest BCUT2D eigenvalue weighted by atomic mass is 10.1. The van der Waals surface area contributed by atoms with Gasteiger partial charge >= 0.3 is 0 Å². The van der Waals surface area contributed by atoms with E-state index in [9.17, 15) is 16.8 Å². The summed E-state index contributed by atoms with van der Waals surface area (Å²) in [6, 6.07) is 6.80. The Bertz CT molecular complexity index is 646. The van der Waals surface area contributed by atoms with Gasteiger partial charge in [-0.05, 0) is 12.5 Å². The van der Waals surface area contributed by atoms with Gasteiger partial charge in [0.15, 0.2) is 19.7 Å². The van der Waals surface area contributed by atoms with Gasteiger partial charge in [0.05, 0.1) is 15.5 Å². The first-order chi connectivity index (χ1) is 9.79. The highest BCUT2D eigenvalue weighted by Gasteiger charge is 2.23. The number of hydrogen-bond donors (Lipinski definition) is 0. The normalized spacial score (nSPS) is 12.5. The summed E-state index contributed by atoms with van der Waals surface area (Å²) in [7, 11) is -7.17. The fraction of sp³-hybridized carbons (Fsp3) is 0.600. The van der Waals surface area contributed by atoms with Crippen LogP contribution in [0.2, 0.25) is 0 Å². The predicted octanol–water partition coefficient (Wildman–Crippen LogP) is 3.02. The van der Waals surface area contributed by atoms with Gasteiger partial charge < -0.3 is 0 Å². The molecule has 0 N–H and O–H groups in total. The molecule has 0 aromatic heterocycles. The zero-order chi connectivity index (χ0) is 15.9. The van der Waals surface area contributed by atoms with Crippen LogP contribution in [0.1, 0.15) is 45.4 Å². The van der Waals surface area contributed by atoms with Crippen LogP contribution in [0.3, 0.4) is 0 Å². The van der Waals surface area contributed by atoms with Gasteiger partial charge in [0.1, 0.15) is 0 Å². The summed E-state index contributed by atoms with van der Waals surface area (Å²) in [6.45, 7) is 2.13. The maximum Gasteiger partial charge on any atom is 0.179 e. The first-order valence-electron chi connectivity index (χ1n) is 7.22. The van der Waals surface area contributed by atoms with Crippen molar-refractivity contribution in [1.29, 1.82) is 0 Å². The number of unbranched alkanes of at least 4 members (excludes halogenated alkanes) is 5. The number of benzene rings is 1. The molecule has 1 aromatic rings. The molecule has 1 aromatic carbocycles. The number of hydrogen-bond acceptors (Lipinski definition) is 4. The molecule has 0 bridgehead atoms. The van der Waals surface area contributed by atoms with Crippen molar-refractivity contribution in [1.82, 2.24) is 0 Å². The van der Waals surface area contributed by atoms with Gasteiger partial charge in [-0.25, -0.2) is 16.8 Å². The molecule has 6 heteroatoms. The third-order valence-electron chi connectivity index (χ3n) is 3.25. The van der Waals surface area contributed by atoms with Crippen LogP contribution in [0.4, 0.5) is 0 Å². The molecule has 0 amide bonds. The molecular weight excluding hydrogens is 308 g/mol. The Hall–Kier alpha value is -0.880. The minimum atomic E-state index is -3.59. The van der Waals surface area contributed by atoms with Crippen LogP contribution >= 0.6 is 0 Å². The number of sulfone groups is 2. The Balaban J connectivity index is 2.76. The van der Waals surface area contributed by atoms with E-state index < -0.39 is 19.7 Å². The van der Waals surface area contributed by atoms with Gasteiger partial charge in [-0.2, -0.15) is 0 Å². The van der Waals surface area contributed by atoms with Gasteiger partial charge in [0.25, 0.3) is 0 Å². The third kappa shape index (κ3) is 5.79. The van der Waals surface area contributed by atoms with Crippen molar-refractivity contribution in [3.8, 4) is 0 Å². The van der Waals surface area contributed by atoms with E-state index in [0.29, 0.717) is 6.42 Å². The summed E-state index contributed by atoms with van der Waals surface area (Å²) >= 11 is 0. The lowest BCUT2D eigenvalue weighted by molar-refractivity contribution is 0.577. The van der Waals surface area contributed by atoms with Crippen molar-refractivity contribution in [2.24, 2.45) is 0 Å². The fourth-order valence-electron chi connectivity index (χ4n) is 2.12.